The monoisotopic (exact) mass is 237 g/mol. The van der Waals surface area contributed by atoms with Crippen molar-refractivity contribution in [1.82, 2.24) is 4.90 Å². The van der Waals surface area contributed by atoms with Gasteiger partial charge < -0.3 is 10.0 Å². The largest absolute Gasteiger partial charge is 0.389 e. The van der Waals surface area contributed by atoms with Crippen LogP contribution >= 0.6 is 11.8 Å². The number of carbonyl (C=O) groups excluding carboxylic acids is 1. The van der Waals surface area contributed by atoms with Gasteiger partial charge >= 0.3 is 0 Å². The summed E-state index contributed by atoms with van der Waals surface area (Å²) in [4.78, 5) is 13.5. The number of likely N-dealkylation sites (tertiary alicyclic amines) is 1. The predicted octanol–water partition coefficient (Wildman–Crippen LogP) is 1.37. The van der Waals surface area contributed by atoms with Gasteiger partial charge in [0.1, 0.15) is 0 Å². The first-order valence-corrected chi connectivity index (χ1v) is 6.65. The van der Waals surface area contributed by atoms with E-state index in [1.54, 1.807) is 16.7 Å². The molecule has 0 aromatic heterocycles. The topological polar surface area (TPSA) is 40.5 Å². The SMILES string of the molecule is CSCc1ccc(C(=O)N2CC(O)C2)cc1. The van der Waals surface area contributed by atoms with Gasteiger partial charge in [0, 0.05) is 24.4 Å². The number of aliphatic hydroxyl groups excluding tert-OH is 1. The van der Waals surface area contributed by atoms with Crippen LogP contribution in [0.3, 0.4) is 0 Å². The Labute approximate surface area is 99.5 Å². The van der Waals surface area contributed by atoms with Crippen LogP contribution in [0.5, 0.6) is 0 Å². The van der Waals surface area contributed by atoms with E-state index in [2.05, 4.69) is 6.26 Å². The zero-order chi connectivity index (χ0) is 11.5. The second-order valence-corrected chi connectivity index (χ2v) is 4.86. The van der Waals surface area contributed by atoms with Crippen molar-refractivity contribution >= 4 is 17.7 Å². The molecule has 0 bridgehead atoms. The van der Waals surface area contributed by atoms with Crippen LogP contribution in [-0.2, 0) is 5.75 Å². The van der Waals surface area contributed by atoms with Crippen molar-refractivity contribution in [2.75, 3.05) is 19.3 Å². The van der Waals surface area contributed by atoms with E-state index in [1.807, 2.05) is 24.3 Å². The third kappa shape index (κ3) is 2.39. The summed E-state index contributed by atoms with van der Waals surface area (Å²) in [5.74, 6) is 0.984. The lowest BCUT2D eigenvalue weighted by molar-refractivity contribution is 0.00589. The van der Waals surface area contributed by atoms with Crippen molar-refractivity contribution in [3.8, 4) is 0 Å². The fourth-order valence-corrected chi connectivity index (χ4v) is 2.24. The molecule has 1 amide bonds. The molecule has 0 radical (unpaired) electrons. The lowest BCUT2D eigenvalue weighted by Gasteiger charge is -2.35. The van der Waals surface area contributed by atoms with Crippen LogP contribution in [-0.4, -0.2) is 41.4 Å². The molecule has 1 aromatic carbocycles. The van der Waals surface area contributed by atoms with Crippen LogP contribution < -0.4 is 0 Å². The van der Waals surface area contributed by atoms with Crippen molar-refractivity contribution < 1.29 is 9.90 Å². The molecular formula is C12H15NO2S. The van der Waals surface area contributed by atoms with Gasteiger partial charge in [-0.15, -0.1) is 0 Å². The van der Waals surface area contributed by atoms with E-state index >= 15 is 0 Å². The van der Waals surface area contributed by atoms with Crippen LogP contribution in [0.1, 0.15) is 15.9 Å². The van der Waals surface area contributed by atoms with Crippen LogP contribution in [0.4, 0.5) is 0 Å². The Bertz CT molecular complexity index is 371. The van der Waals surface area contributed by atoms with Crippen molar-refractivity contribution in [1.29, 1.82) is 0 Å². The second kappa shape index (κ2) is 4.89. The Balaban J connectivity index is 2.01. The number of hydrogen-bond donors (Lipinski definition) is 1. The Morgan fingerprint density at radius 3 is 2.56 bits per heavy atom. The number of aliphatic hydroxyl groups is 1. The lowest BCUT2D eigenvalue weighted by atomic mass is 10.1. The highest BCUT2D eigenvalue weighted by Gasteiger charge is 2.29. The summed E-state index contributed by atoms with van der Waals surface area (Å²) in [6, 6.07) is 7.69. The van der Waals surface area contributed by atoms with E-state index in [0.717, 1.165) is 5.75 Å². The van der Waals surface area contributed by atoms with Crippen molar-refractivity contribution in [2.24, 2.45) is 0 Å². The Hall–Kier alpha value is -1.00. The third-order valence-electron chi connectivity index (χ3n) is 2.66. The van der Waals surface area contributed by atoms with Crippen LogP contribution in [0.15, 0.2) is 24.3 Å². The summed E-state index contributed by atoms with van der Waals surface area (Å²) in [5, 5.41) is 9.13. The van der Waals surface area contributed by atoms with Gasteiger partial charge in [-0.1, -0.05) is 12.1 Å². The van der Waals surface area contributed by atoms with Gasteiger partial charge in [-0.25, -0.2) is 0 Å². The lowest BCUT2D eigenvalue weighted by Crippen LogP contribution is -2.53. The van der Waals surface area contributed by atoms with Gasteiger partial charge in [-0.2, -0.15) is 11.8 Å². The van der Waals surface area contributed by atoms with E-state index in [4.69, 9.17) is 5.11 Å². The minimum Gasteiger partial charge on any atom is -0.389 e. The predicted molar refractivity (Wildman–Crippen MR) is 65.6 cm³/mol. The first-order chi connectivity index (χ1) is 7.70. The molecule has 86 valence electrons. The van der Waals surface area contributed by atoms with Gasteiger partial charge in [0.15, 0.2) is 0 Å². The summed E-state index contributed by atoms with van der Waals surface area (Å²) in [6.45, 7) is 0.927. The number of nitrogens with zero attached hydrogens (tertiary/aromatic N) is 1. The molecule has 0 spiro atoms. The highest BCUT2D eigenvalue weighted by molar-refractivity contribution is 7.97. The number of thioether (sulfide) groups is 1. The molecule has 1 heterocycles. The summed E-state index contributed by atoms with van der Waals surface area (Å²) < 4.78 is 0. The second-order valence-electron chi connectivity index (χ2n) is 3.99. The molecule has 1 aromatic rings. The molecule has 3 nitrogen and oxygen atoms in total. The van der Waals surface area contributed by atoms with Gasteiger partial charge in [0.05, 0.1) is 6.10 Å². The van der Waals surface area contributed by atoms with Gasteiger partial charge in [0.25, 0.3) is 5.91 Å². The van der Waals surface area contributed by atoms with E-state index < -0.39 is 0 Å². The Kier molecular flexibility index (Phi) is 3.51. The fraction of sp³-hybridized carbons (Fsp3) is 0.417. The molecule has 1 aliphatic heterocycles. The smallest absolute Gasteiger partial charge is 0.254 e. The van der Waals surface area contributed by atoms with Gasteiger partial charge in [-0.05, 0) is 24.0 Å². The molecule has 1 aliphatic rings. The van der Waals surface area contributed by atoms with Crippen molar-refractivity contribution in [3.63, 3.8) is 0 Å². The van der Waals surface area contributed by atoms with Crippen LogP contribution in [0, 0.1) is 0 Å². The summed E-state index contributed by atoms with van der Waals surface area (Å²) >= 11 is 1.76. The van der Waals surface area contributed by atoms with E-state index in [1.165, 1.54) is 5.56 Å². The van der Waals surface area contributed by atoms with E-state index in [0.29, 0.717) is 18.7 Å². The van der Waals surface area contributed by atoms with Gasteiger partial charge in [-0.3, -0.25) is 4.79 Å². The first kappa shape index (κ1) is 11.5. The van der Waals surface area contributed by atoms with Crippen LogP contribution in [0.25, 0.3) is 0 Å². The van der Waals surface area contributed by atoms with E-state index in [9.17, 15) is 4.79 Å². The highest BCUT2D eigenvalue weighted by Crippen LogP contribution is 2.15. The molecule has 0 atom stereocenters. The minimum atomic E-state index is -0.334. The minimum absolute atomic E-state index is 0.0148. The number of β-amino-alcohol motifs (C(OH)–C–C–N with tert-alkyl or cyclic N) is 1. The molecule has 0 unspecified atom stereocenters. The summed E-state index contributed by atoms with van der Waals surface area (Å²) in [7, 11) is 0. The normalized spacial score (nSPS) is 16.0. The third-order valence-corrected chi connectivity index (χ3v) is 3.28. The number of benzene rings is 1. The highest BCUT2D eigenvalue weighted by atomic mass is 32.2. The number of carbonyl (C=O) groups is 1. The average molecular weight is 237 g/mol. The van der Waals surface area contributed by atoms with Gasteiger partial charge in [0.2, 0.25) is 0 Å². The molecule has 0 saturated carbocycles. The molecule has 4 heteroatoms. The molecule has 0 aliphatic carbocycles. The van der Waals surface area contributed by atoms with Crippen molar-refractivity contribution in [3.05, 3.63) is 35.4 Å². The summed E-state index contributed by atoms with van der Waals surface area (Å²) in [5.41, 5.74) is 1.93. The zero-order valence-corrected chi connectivity index (χ0v) is 10.0. The maximum absolute atomic E-state index is 11.9. The van der Waals surface area contributed by atoms with Crippen LogP contribution in [0.2, 0.25) is 0 Å². The van der Waals surface area contributed by atoms with E-state index in [-0.39, 0.29) is 12.0 Å². The molecule has 2 rings (SSSR count). The molecular weight excluding hydrogens is 222 g/mol. The average Bonchev–Trinajstić information content (AvgIpc) is 2.25. The zero-order valence-electron chi connectivity index (χ0n) is 9.22. The Morgan fingerprint density at radius 1 is 1.44 bits per heavy atom. The molecule has 1 N–H and O–H groups in total. The number of rotatable bonds is 3. The maximum atomic E-state index is 11.9. The molecule has 1 fully saturated rings. The summed E-state index contributed by atoms with van der Waals surface area (Å²) in [6.07, 6.45) is 1.72. The fourth-order valence-electron chi connectivity index (χ4n) is 1.71. The molecule has 1 saturated heterocycles. The first-order valence-electron chi connectivity index (χ1n) is 5.26. The maximum Gasteiger partial charge on any atom is 0.254 e. The standard InChI is InChI=1S/C12H15NO2S/c1-16-8-9-2-4-10(5-3-9)12(15)13-6-11(14)7-13/h2-5,11,14H,6-8H2,1H3. The number of hydrogen-bond acceptors (Lipinski definition) is 3. The Morgan fingerprint density at radius 2 is 2.06 bits per heavy atom. The molecule has 16 heavy (non-hydrogen) atoms. The quantitative estimate of drug-likeness (QED) is 0.863. The van der Waals surface area contributed by atoms with Crippen molar-refractivity contribution in [2.45, 2.75) is 11.9 Å². The number of amides is 1.